The third-order valence-corrected chi connectivity index (χ3v) is 7.53. The van der Waals surface area contributed by atoms with Crippen molar-refractivity contribution in [3.05, 3.63) is 65.5 Å². The van der Waals surface area contributed by atoms with E-state index in [9.17, 15) is 4.79 Å². The minimum Gasteiger partial charge on any atom is -0.378 e. The number of aromatic nitrogens is 8. The minimum atomic E-state index is -0.386. The molecule has 1 N–H and O–H groups in total. The molecular weight excluding hydrogens is 501 g/mol. The number of rotatable bonds is 4. The average molecular weight is 528 g/mol. The maximum absolute atomic E-state index is 15.6. The van der Waals surface area contributed by atoms with Crippen LogP contribution in [0.5, 0.6) is 0 Å². The molecule has 11 nitrogen and oxygen atoms in total. The van der Waals surface area contributed by atoms with Crippen LogP contribution in [-0.4, -0.2) is 64.7 Å². The van der Waals surface area contributed by atoms with Crippen LogP contribution >= 0.6 is 0 Å². The minimum absolute atomic E-state index is 0.116. The molecule has 1 aliphatic rings. The van der Waals surface area contributed by atoms with Gasteiger partial charge in [-0.25, -0.2) is 19.2 Å². The number of nitrogens with one attached hydrogen (secondary N) is 1. The smallest absolute Gasteiger partial charge is 0.328 e. The second-order valence-electron chi connectivity index (χ2n) is 9.80. The van der Waals surface area contributed by atoms with Crippen LogP contribution in [0.25, 0.3) is 50.4 Å². The Balaban J connectivity index is 1.56. The van der Waals surface area contributed by atoms with Gasteiger partial charge in [0.25, 0.3) is 0 Å². The zero-order chi connectivity index (χ0) is 26.8. The van der Waals surface area contributed by atoms with Crippen LogP contribution in [0.1, 0.15) is 0 Å². The maximum Gasteiger partial charge on any atom is 0.328 e. The number of ether oxygens (including phenoxy) is 1. The summed E-state index contributed by atoms with van der Waals surface area (Å²) in [7, 11) is 5.45. The third kappa shape index (κ3) is 3.52. The lowest BCUT2D eigenvalue weighted by atomic mass is 10.1. The van der Waals surface area contributed by atoms with Crippen molar-refractivity contribution in [1.29, 1.82) is 0 Å². The molecule has 198 valence electrons. The van der Waals surface area contributed by atoms with Gasteiger partial charge in [0, 0.05) is 57.6 Å². The fourth-order valence-electron chi connectivity index (χ4n) is 5.51. The molecule has 1 fully saturated rings. The van der Waals surface area contributed by atoms with Crippen molar-refractivity contribution in [2.24, 2.45) is 21.1 Å². The summed E-state index contributed by atoms with van der Waals surface area (Å²) < 4.78 is 28.3. The van der Waals surface area contributed by atoms with Gasteiger partial charge in [0.2, 0.25) is 0 Å². The van der Waals surface area contributed by atoms with Crippen molar-refractivity contribution in [3.63, 3.8) is 0 Å². The second-order valence-corrected chi connectivity index (χ2v) is 9.80. The summed E-state index contributed by atoms with van der Waals surface area (Å²) in [6.45, 7) is 2.60. The van der Waals surface area contributed by atoms with Gasteiger partial charge in [-0.15, -0.1) is 0 Å². The Bertz CT molecular complexity index is 1920. The van der Waals surface area contributed by atoms with Gasteiger partial charge in [-0.1, -0.05) is 0 Å². The summed E-state index contributed by atoms with van der Waals surface area (Å²) in [5, 5.41) is 6.72. The molecule has 0 aliphatic carbocycles. The van der Waals surface area contributed by atoms with Gasteiger partial charge in [-0.2, -0.15) is 5.10 Å². The first-order chi connectivity index (χ1) is 18.9. The first-order valence-electron chi connectivity index (χ1n) is 12.6. The van der Waals surface area contributed by atoms with E-state index in [2.05, 4.69) is 26.1 Å². The number of hydrogen-bond donors (Lipinski definition) is 1. The van der Waals surface area contributed by atoms with Crippen LogP contribution in [-0.2, 0) is 25.9 Å². The van der Waals surface area contributed by atoms with Crippen molar-refractivity contribution < 1.29 is 9.13 Å². The van der Waals surface area contributed by atoms with Gasteiger partial charge in [0.05, 0.1) is 65.4 Å². The fraction of sp³-hybridized carbons (Fsp3) is 0.259. The summed E-state index contributed by atoms with van der Waals surface area (Å²) in [5.41, 5.74) is 6.22. The number of aromatic amines is 1. The number of benzene rings is 2. The molecule has 0 amide bonds. The normalized spacial score (nSPS) is 14.2. The molecule has 39 heavy (non-hydrogen) atoms. The Kier molecular flexibility index (Phi) is 5.20. The highest BCUT2D eigenvalue weighted by Crippen LogP contribution is 2.36. The molecule has 1 aliphatic heterocycles. The molecule has 0 bridgehead atoms. The molecule has 6 aromatic rings. The quantitative estimate of drug-likeness (QED) is 0.378. The molecular formula is C27H26FN9O2. The Hall–Kier alpha value is -4.71. The zero-order valence-electron chi connectivity index (χ0n) is 21.7. The van der Waals surface area contributed by atoms with E-state index in [1.165, 1.54) is 6.07 Å². The Labute approximate surface area is 221 Å². The van der Waals surface area contributed by atoms with Crippen LogP contribution in [0.3, 0.4) is 0 Å². The molecule has 7 rings (SSSR count). The standard InChI is InChI=1S/C27H26FN9O2/c1-33-15-29-14-24(33)26-32-20-10-18(16-12-30-31-13-16)19(28)11-21(20)37(26)17-8-22-25(35(3)27(38)34(22)2)23(9-17)36-4-6-39-7-5-36/h8-15H,4-7H2,1-3H3,(H,30,31). The predicted octanol–water partition coefficient (Wildman–Crippen LogP) is 2.98. The van der Waals surface area contributed by atoms with E-state index in [1.807, 2.05) is 22.2 Å². The van der Waals surface area contributed by atoms with Crippen molar-refractivity contribution in [1.82, 2.24) is 38.4 Å². The zero-order valence-corrected chi connectivity index (χ0v) is 21.7. The van der Waals surface area contributed by atoms with Crippen LogP contribution in [0, 0.1) is 5.82 Å². The number of aryl methyl sites for hydroxylation is 3. The van der Waals surface area contributed by atoms with Crippen LogP contribution in [0.2, 0.25) is 0 Å². The van der Waals surface area contributed by atoms with E-state index in [-0.39, 0.29) is 11.5 Å². The maximum atomic E-state index is 15.6. The first kappa shape index (κ1) is 23.4. The second kappa shape index (κ2) is 8.67. The highest BCUT2D eigenvalue weighted by Gasteiger charge is 2.24. The number of anilines is 1. The largest absolute Gasteiger partial charge is 0.378 e. The molecule has 1 saturated heterocycles. The predicted molar refractivity (Wildman–Crippen MR) is 146 cm³/mol. The van der Waals surface area contributed by atoms with Crippen molar-refractivity contribution >= 4 is 27.8 Å². The molecule has 0 atom stereocenters. The molecule has 0 unspecified atom stereocenters. The molecule has 12 heteroatoms. The lowest BCUT2D eigenvalue weighted by molar-refractivity contribution is 0.123. The van der Waals surface area contributed by atoms with E-state index in [4.69, 9.17) is 9.72 Å². The third-order valence-electron chi connectivity index (χ3n) is 7.53. The van der Waals surface area contributed by atoms with Gasteiger partial charge in [0.1, 0.15) is 11.5 Å². The number of fused-ring (bicyclic) bond motifs is 2. The van der Waals surface area contributed by atoms with E-state index in [0.717, 1.165) is 28.1 Å². The van der Waals surface area contributed by atoms with Crippen molar-refractivity contribution in [2.75, 3.05) is 31.2 Å². The van der Waals surface area contributed by atoms with Gasteiger partial charge < -0.3 is 14.2 Å². The lowest BCUT2D eigenvalue weighted by Crippen LogP contribution is -2.36. The number of H-pyrrole nitrogens is 1. The summed E-state index contributed by atoms with van der Waals surface area (Å²) in [4.78, 5) is 24.5. The van der Waals surface area contributed by atoms with Gasteiger partial charge in [0.15, 0.2) is 5.82 Å². The molecule has 0 saturated carbocycles. The van der Waals surface area contributed by atoms with Crippen LogP contribution in [0.15, 0.2) is 54.0 Å². The molecule has 2 aromatic carbocycles. The number of hydrogen-bond acceptors (Lipinski definition) is 6. The molecule has 0 spiro atoms. The number of morpholine rings is 1. The van der Waals surface area contributed by atoms with E-state index >= 15 is 4.39 Å². The van der Waals surface area contributed by atoms with Crippen molar-refractivity contribution in [2.45, 2.75) is 0 Å². The SMILES string of the molecule is Cn1cncc1-c1nc2cc(-c3cn[nH]c3)c(F)cc2n1-c1cc(N2CCOCC2)c2c(c1)n(C)c(=O)n2C. The highest BCUT2D eigenvalue weighted by molar-refractivity contribution is 5.94. The summed E-state index contributed by atoms with van der Waals surface area (Å²) in [5.74, 6) is 0.227. The fourth-order valence-corrected chi connectivity index (χ4v) is 5.51. The van der Waals surface area contributed by atoms with Crippen molar-refractivity contribution in [3.8, 4) is 28.3 Å². The number of imidazole rings is 3. The van der Waals surface area contributed by atoms with Gasteiger partial charge in [-0.05, 0) is 18.2 Å². The first-order valence-corrected chi connectivity index (χ1v) is 12.6. The van der Waals surface area contributed by atoms with Gasteiger partial charge >= 0.3 is 5.69 Å². The number of nitrogens with zero attached hydrogens (tertiary/aromatic N) is 8. The number of halogens is 1. The monoisotopic (exact) mass is 527 g/mol. The Morgan fingerprint density at radius 2 is 1.82 bits per heavy atom. The molecule has 4 aromatic heterocycles. The van der Waals surface area contributed by atoms with E-state index < -0.39 is 0 Å². The van der Waals surface area contributed by atoms with Crippen LogP contribution < -0.4 is 10.6 Å². The summed E-state index contributed by atoms with van der Waals surface area (Å²) in [6, 6.07) is 7.26. The van der Waals surface area contributed by atoms with Gasteiger partial charge in [-0.3, -0.25) is 18.8 Å². The average Bonchev–Trinajstić information content (AvgIpc) is 3.73. The molecule has 5 heterocycles. The summed E-state index contributed by atoms with van der Waals surface area (Å²) >= 11 is 0. The topological polar surface area (TPSA) is 104 Å². The summed E-state index contributed by atoms with van der Waals surface area (Å²) in [6.07, 6.45) is 6.69. The van der Waals surface area contributed by atoms with Crippen LogP contribution in [0.4, 0.5) is 10.1 Å². The van der Waals surface area contributed by atoms with E-state index in [0.29, 0.717) is 54.3 Å². The Morgan fingerprint density at radius 1 is 1.00 bits per heavy atom. The lowest BCUT2D eigenvalue weighted by Gasteiger charge is -2.30. The molecule has 0 radical (unpaired) electrons. The Morgan fingerprint density at radius 3 is 2.54 bits per heavy atom. The highest BCUT2D eigenvalue weighted by atomic mass is 19.1. The van der Waals surface area contributed by atoms with E-state index in [1.54, 1.807) is 54.2 Å².